The number of hydrogen-bond donors (Lipinski definition) is 2. The van der Waals surface area contributed by atoms with Crippen LogP contribution >= 0.6 is 0 Å². The van der Waals surface area contributed by atoms with Gasteiger partial charge in [0.25, 0.3) is 11.7 Å². The molecule has 37 heavy (non-hydrogen) atoms. The topological polar surface area (TPSA) is 96.3 Å². The highest BCUT2D eigenvalue weighted by Gasteiger charge is 2.46. The summed E-state index contributed by atoms with van der Waals surface area (Å²) in [6.07, 6.45) is 0.361. The number of Topliss-reactive ketones (excluding diaryl/α,β-unsaturated/α-hetero) is 1. The van der Waals surface area contributed by atoms with Gasteiger partial charge in [-0.1, -0.05) is 30.3 Å². The third-order valence-electron chi connectivity index (χ3n) is 6.11. The van der Waals surface area contributed by atoms with Gasteiger partial charge in [-0.05, 0) is 67.8 Å². The van der Waals surface area contributed by atoms with E-state index in [0.717, 1.165) is 5.56 Å². The first kappa shape index (κ1) is 25.8. The second kappa shape index (κ2) is 11.2. The van der Waals surface area contributed by atoms with Crippen LogP contribution in [-0.2, 0) is 16.0 Å². The number of phenols is 1. The number of aromatic hydroxyl groups is 1. The highest BCUT2D eigenvalue weighted by Crippen LogP contribution is 2.42. The monoisotopic (exact) mass is 505 g/mol. The zero-order valence-corrected chi connectivity index (χ0v) is 20.6. The lowest BCUT2D eigenvalue weighted by Crippen LogP contribution is -2.31. The standard InChI is InChI=1S/C29H28FNO6/c1-3-36-22-7-5-6-20(16-22)27(33)25-26(19-10-13-23(32)24(17-19)37-4-2)31(29(35)28(25)34)15-14-18-8-11-21(30)12-9-18/h5-13,16-17,26,32-33H,3-4,14-15H2,1-2H3/b27-25-. The summed E-state index contributed by atoms with van der Waals surface area (Å²) in [5, 5.41) is 21.5. The number of ketones is 1. The van der Waals surface area contributed by atoms with Crippen LogP contribution in [0.5, 0.6) is 17.2 Å². The molecule has 1 saturated heterocycles. The molecule has 1 aliphatic heterocycles. The molecule has 0 aromatic heterocycles. The molecule has 0 saturated carbocycles. The van der Waals surface area contributed by atoms with Gasteiger partial charge >= 0.3 is 0 Å². The summed E-state index contributed by atoms with van der Waals surface area (Å²) in [7, 11) is 0. The van der Waals surface area contributed by atoms with E-state index in [1.165, 1.54) is 23.1 Å². The summed E-state index contributed by atoms with van der Waals surface area (Å²) in [5.41, 5.74) is 1.52. The van der Waals surface area contributed by atoms with Gasteiger partial charge in [0.1, 0.15) is 17.3 Å². The van der Waals surface area contributed by atoms with Crippen molar-refractivity contribution in [3.8, 4) is 17.2 Å². The number of benzene rings is 3. The number of aliphatic hydroxyl groups is 1. The largest absolute Gasteiger partial charge is 0.507 e. The van der Waals surface area contributed by atoms with Gasteiger partial charge in [-0.15, -0.1) is 0 Å². The van der Waals surface area contributed by atoms with E-state index in [-0.39, 0.29) is 35.2 Å². The molecule has 1 atom stereocenters. The molecule has 0 spiro atoms. The molecule has 1 fully saturated rings. The molecule has 0 aliphatic carbocycles. The zero-order chi connectivity index (χ0) is 26.5. The normalized spacial score (nSPS) is 16.7. The van der Waals surface area contributed by atoms with Gasteiger partial charge in [-0.25, -0.2) is 4.39 Å². The highest BCUT2D eigenvalue weighted by atomic mass is 19.1. The molecule has 3 aromatic rings. The molecule has 4 rings (SSSR count). The van der Waals surface area contributed by atoms with Gasteiger partial charge in [0.15, 0.2) is 11.5 Å². The summed E-state index contributed by atoms with van der Waals surface area (Å²) in [6, 6.07) is 16.2. The number of carbonyl (C=O) groups excluding carboxylic acids is 2. The summed E-state index contributed by atoms with van der Waals surface area (Å²) in [6.45, 7) is 4.46. The lowest BCUT2D eigenvalue weighted by atomic mass is 9.94. The van der Waals surface area contributed by atoms with Crippen molar-refractivity contribution < 1.29 is 33.7 Å². The fourth-order valence-corrected chi connectivity index (χ4v) is 4.39. The van der Waals surface area contributed by atoms with Crippen LogP contribution in [0.1, 0.15) is 36.6 Å². The number of hydrogen-bond acceptors (Lipinski definition) is 6. The lowest BCUT2D eigenvalue weighted by Gasteiger charge is -2.26. The van der Waals surface area contributed by atoms with E-state index in [2.05, 4.69) is 0 Å². The summed E-state index contributed by atoms with van der Waals surface area (Å²) < 4.78 is 24.4. The maximum Gasteiger partial charge on any atom is 0.295 e. The van der Waals surface area contributed by atoms with Crippen molar-refractivity contribution in [2.24, 2.45) is 0 Å². The number of phenolic OH excluding ortho intramolecular Hbond substituents is 1. The molecule has 192 valence electrons. The molecule has 1 amide bonds. The summed E-state index contributed by atoms with van der Waals surface area (Å²) >= 11 is 0. The van der Waals surface area contributed by atoms with Crippen LogP contribution < -0.4 is 9.47 Å². The summed E-state index contributed by atoms with van der Waals surface area (Å²) in [5.74, 6) is -1.67. The SMILES string of the molecule is CCOc1cccc(/C(O)=C2/C(=O)C(=O)N(CCc3ccc(F)cc3)C2c2ccc(O)c(OCC)c2)c1. The second-order valence-electron chi connectivity index (χ2n) is 8.49. The van der Waals surface area contributed by atoms with E-state index in [1.807, 2.05) is 6.92 Å². The van der Waals surface area contributed by atoms with Crippen LogP contribution in [0, 0.1) is 5.82 Å². The van der Waals surface area contributed by atoms with Crippen molar-refractivity contribution in [1.29, 1.82) is 0 Å². The van der Waals surface area contributed by atoms with Crippen molar-refractivity contribution in [2.45, 2.75) is 26.3 Å². The third kappa shape index (κ3) is 5.43. The number of aliphatic hydroxyl groups excluding tert-OH is 1. The molecule has 3 aromatic carbocycles. The second-order valence-corrected chi connectivity index (χ2v) is 8.49. The first-order valence-electron chi connectivity index (χ1n) is 12.1. The van der Waals surface area contributed by atoms with Gasteiger partial charge < -0.3 is 24.6 Å². The van der Waals surface area contributed by atoms with Gasteiger partial charge in [0.2, 0.25) is 0 Å². The maximum absolute atomic E-state index is 13.4. The van der Waals surface area contributed by atoms with Crippen molar-refractivity contribution in [3.05, 3.63) is 94.8 Å². The highest BCUT2D eigenvalue weighted by molar-refractivity contribution is 6.46. The van der Waals surface area contributed by atoms with Crippen LogP contribution in [-0.4, -0.2) is 46.6 Å². The average molecular weight is 506 g/mol. The number of rotatable bonds is 9. The Bertz CT molecular complexity index is 1330. The van der Waals surface area contributed by atoms with Crippen LogP contribution in [0.25, 0.3) is 5.76 Å². The van der Waals surface area contributed by atoms with E-state index in [9.17, 15) is 24.2 Å². The minimum Gasteiger partial charge on any atom is -0.507 e. The van der Waals surface area contributed by atoms with Crippen LogP contribution in [0.3, 0.4) is 0 Å². The summed E-state index contributed by atoms with van der Waals surface area (Å²) in [4.78, 5) is 27.9. The quantitative estimate of drug-likeness (QED) is 0.242. The maximum atomic E-state index is 13.4. The van der Waals surface area contributed by atoms with Crippen molar-refractivity contribution in [1.82, 2.24) is 4.90 Å². The molecule has 1 unspecified atom stereocenters. The number of carbonyl (C=O) groups is 2. The predicted molar refractivity (Wildman–Crippen MR) is 136 cm³/mol. The Balaban J connectivity index is 1.81. The predicted octanol–water partition coefficient (Wildman–Crippen LogP) is 4.99. The molecule has 1 heterocycles. The number of nitrogens with zero attached hydrogens (tertiary/aromatic N) is 1. The minimum atomic E-state index is -0.934. The average Bonchev–Trinajstić information content (AvgIpc) is 3.14. The molecule has 8 heteroatoms. The minimum absolute atomic E-state index is 0.0779. The third-order valence-corrected chi connectivity index (χ3v) is 6.11. The fraction of sp³-hybridized carbons (Fsp3) is 0.241. The number of halogens is 1. The van der Waals surface area contributed by atoms with E-state index in [4.69, 9.17) is 9.47 Å². The Labute approximate surface area is 214 Å². The van der Waals surface area contributed by atoms with Gasteiger partial charge in [0, 0.05) is 12.1 Å². The Morgan fingerprint density at radius 1 is 0.973 bits per heavy atom. The Morgan fingerprint density at radius 2 is 1.70 bits per heavy atom. The zero-order valence-electron chi connectivity index (χ0n) is 20.6. The van der Waals surface area contributed by atoms with E-state index in [1.54, 1.807) is 55.5 Å². The molecular weight excluding hydrogens is 477 g/mol. The fourth-order valence-electron chi connectivity index (χ4n) is 4.39. The molecule has 7 nitrogen and oxygen atoms in total. The van der Waals surface area contributed by atoms with Crippen LogP contribution in [0.4, 0.5) is 4.39 Å². The number of amides is 1. The Morgan fingerprint density at radius 3 is 2.41 bits per heavy atom. The first-order chi connectivity index (χ1) is 17.8. The smallest absolute Gasteiger partial charge is 0.295 e. The molecule has 1 aliphatic rings. The van der Waals surface area contributed by atoms with Crippen molar-refractivity contribution in [2.75, 3.05) is 19.8 Å². The Kier molecular flexibility index (Phi) is 7.77. The van der Waals surface area contributed by atoms with Gasteiger partial charge in [-0.2, -0.15) is 0 Å². The van der Waals surface area contributed by atoms with E-state index < -0.39 is 17.7 Å². The number of likely N-dealkylation sites (tertiary alicyclic amines) is 1. The van der Waals surface area contributed by atoms with Gasteiger partial charge in [0.05, 0.1) is 24.8 Å². The molecule has 0 bridgehead atoms. The van der Waals surface area contributed by atoms with E-state index >= 15 is 0 Å². The molecule has 2 N–H and O–H groups in total. The molecule has 0 radical (unpaired) electrons. The van der Waals surface area contributed by atoms with Crippen LogP contribution in [0.15, 0.2) is 72.3 Å². The van der Waals surface area contributed by atoms with Crippen LogP contribution in [0.2, 0.25) is 0 Å². The van der Waals surface area contributed by atoms with E-state index in [0.29, 0.717) is 36.5 Å². The van der Waals surface area contributed by atoms with Crippen molar-refractivity contribution >= 4 is 17.4 Å². The van der Waals surface area contributed by atoms with Gasteiger partial charge in [-0.3, -0.25) is 9.59 Å². The Hall–Kier alpha value is -4.33. The first-order valence-corrected chi connectivity index (χ1v) is 12.1. The lowest BCUT2D eigenvalue weighted by molar-refractivity contribution is -0.139. The molecular formula is C29H28FNO6. The van der Waals surface area contributed by atoms with Crippen molar-refractivity contribution in [3.63, 3.8) is 0 Å². The number of ether oxygens (including phenoxy) is 2.